The highest BCUT2D eigenvalue weighted by Crippen LogP contribution is 2.57. The zero-order valence-electron chi connectivity index (χ0n) is 9.04. The van der Waals surface area contributed by atoms with E-state index in [0.717, 1.165) is 0 Å². The van der Waals surface area contributed by atoms with Crippen molar-refractivity contribution in [3.63, 3.8) is 0 Å². The van der Waals surface area contributed by atoms with Crippen LogP contribution in [0, 0.1) is 29.1 Å². The fourth-order valence-corrected chi connectivity index (χ4v) is 1.66. The van der Waals surface area contributed by atoms with Gasteiger partial charge in [-0.25, -0.2) is 26.3 Å². The molecule has 0 aliphatic carbocycles. The SMILES string of the molecule is Fc1c(F)c(F)c(C(F)(F)[C@](F)(Br)C(F)(F)Br)c(F)c1F. The van der Waals surface area contributed by atoms with Crippen molar-refractivity contribution in [2.24, 2.45) is 0 Å². The van der Waals surface area contributed by atoms with E-state index in [1.54, 1.807) is 0 Å². The number of hydrogen-bond acceptors (Lipinski definition) is 0. The van der Waals surface area contributed by atoms with Gasteiger partial charge in [0, 0.05) is 0 Å². The van der Waals surface area contributed by atoms with Crippen molar-refractivity contribution < 1.29 is 43.9 Å². The largest absolute Gasteiger partial charge is 0.351 e. The minimum absolute atomic E-state index is 1.19. The van der Waals surface area contributed by atoms with E-state index in [0.29, 0.717) is 0 Å². The lowest BCUT2D eigenvalue weighted by Gasteiger charge is -2.32. The van der Waals surface area contributed by atoms with Gasteiger partial charge in [0.25, 0.3) is 0 Å². The van der Waals surface area contributed by atoms with Crippen molar-refractivity contribution >= 4 is 31.9 Å². The molecule has 1 rings (SSSR count). The molecule has 0 N–H and O–H groups in total. The summed E-state index contributed by atoms with van der Waals surface area (Å²) in [6.07, 6.45) is 0. The van der Waals surface area contributed by atoms with Crippen LogP contribution in [0.2, 0.25) is 0 Å². The summed E-state index contributed by atoms with van der Waals surface area (Å²) < 4.78 is 126. The Balaban J connectivity index is 3.76. The van der Waals surface area contributed by atoms with Crippen molar-refractivity contribution in [1.82, 2.24) is 0 Å². The van der Waals surface area contributed by atoms with E-state index in [1.807, 2.05) is 0 Å². The topological polar surface area (TPSA) is 0 Å². The van der Waals surface area contributed by atoms with Gasteiger partial charge in [-0.05, 0) is 31.9 Å². The zero-order valence-corrected chi connectivity index (χ0v) is 12.2. The van der Waals surface area contributed by atoms with Crippen LogP contribution in [0.5, 0.6) is 0 Å². The summed E-state index contributed by atoms with van der Waals surface area (Å²) in [7, 11) is 0. The molecule has 0 aromatic heterocycles. The Hall–Kier alpha value is -0.520. The molecule has 0 radical (unpaired) electrons. The van der Waals surface area contributed by atoms with Gasteiger partial charge in [0.1, 0.15) is 5.56 Å². The van der Waals surface area contributed by atoms with Gasteiger partial charge < -0.3 is 0 Å². The molecule has 0 aliphatic heterocycles. The maximum absolute atomic E-state index is 13.6. The standard InChI is InChI=1S/C9Br2F10/c10-8(19,9(11,20)21)7(17,18)1-2(12)4(14)6(16)5(15)3(1)13/t8-/m1/s1. The van der Waals surface area contributed by atoms with Gasteiger partial charge in [-0.2, -0.15) is 17.6 Å². The van der Waals surface area contributed by atoms with Crippen LogP contribution in [0.3, 0.4) is 0 Å². The van der Waals surface area contributed by atoms with Gasteiger partial charge in [0.05, 0.1) is 0 Å². The van der Waals surface area contributed by atoms with Crippen LogP contribution in [0.1, 0.15) is 5.56 Å². The number of benzene rings is 1. The monoisotopic (exact) mass is 456 g/mol. The highest BCUT2D eigenvalue weighted by atomic mass is 79.9. The highest BCUT2D eigenvalue weighted by molar-refractivity contribution is 9.12. The molecule has 0 bridgehead atoms. The van der Waals surface area contributed by atoms with E-state index < -0.39 is 50.0 Å². The van der Waals surface area contributed by atoms with E-state index >= 15 is 0 Å². The lowest BCUT2D eigenvalue weighted by Crippen LogP contribution is -2.48. The van der Waals surface area contributed by atoms with Crippen molar-refractivity contribution in [3.8, 4) is 0 Å². The predicted octanol–water partition coefficient (Wildman–Crippen LogP) is 5.52. The van der Waals surface area contributed by atoms with Crippen LogP contribution >= 0.6 is 31.9 Å². The Kier molecular flexibility index (Phi) is 4.66. The molecule has 0 amide bonds. The first kappa shape index (κ1) is 18.5. The predicted molar refractivity (Wildman–Crippen MR) is 56.8 cm³/mol. The van der Waals surface area contributed by atoms with E-state index in [9.17, 15) is 43.9 Å². The summed E-state index contributed by atoms with van der Waals surface area (Å²) in [6, 6.07) is 0. The Morgan fingerprint density at radius 3 is 1.14 bits per heavy atom. The summed E-state index contributed by atoms with van der Waals surface area (Å²) in [4.78, 5) is -5.11. The summed E-state index contributed by atoms with van der Waals surface area (Å²) in [6.45, 7) is 0. The van der Waals surface area contributed by atoms with Crippen molar-refractivity contribution in [2.75, 3.05) is 0 Å². The molecule has 0 saturated carbocycles. The van der Waals surface area contributed by atoms with Gasteiger partial charge in [0.15, 0.2) is 23.3 Å². The molecule has 0 nitrogen and oxygen atoms in total. The molecule has 0 aliphatic rings. The molecule has 1 atom stereocenters. The van der Waals surface area contributed by atoms with Crippen LogP contribution in [0.4, 0.5) is 43.9 Å². The summed E-state index contributed by atoms with van der Waals surface area (Å²) in [5.41, 5.74) is -3.03. The average Bonchev–Trinajstić information content (AvgIpc) is 2.32. The third-order valence-electron chi connectivity index (χ3n) is 2.27. The summed E-state index contributed by atoms with van der Waals surface area (Å²) in [5, 5.41) is 0. The third kappa shape index (κ3) is 2.64. The number of alkyl halides is 7. The first-order chi connectivity index (χ1) is 9.18. The van der Waals surface area contributed by atoms with Crippen LogP contribution in [-0.2, 0) is 5.92 Å². The maximum Gasteiger partial charge on any atom is 0.351 e. The Labute approximate surface area is 126 Å². The molecular formula is C9Br2F10. The van der Waals surface area contributed by atoms with Gasteiger partial charge in [-0.3, -0.25) is 0 Å². The molecule has 1 aromatic rings. The quantitative estimate of drug-likeness (QED) is 0.242. The molecular weight excluding hydrogens is 458 g/mol. The lowest BCUT2D eigenvalue weighted by molar-refractivity contribution is -0.164. The Bertz CT molecular complexity index is 548. The van der Waals surface area contributed by atoms with Crippen molar-refractivity contribution in [3.05, 3.63) is 34.6 Å². The second-order valence-electron chi connectivity index (χ2n) is 3.59. The van der Waals surface area contributed by atoms with E-state index in [4.69, 9.17) is 0 Å². The third-order valence-corrected chi connectivity index (χ3v) is 4.35. The first-order valence-corrected chi connectivity index (χ1v) is 6.10. The molecule has 120 valence electrons. The second kappa shape index (κ2) is 5.28. The Morgan fingerprint density at radius 1 is 0.571 bits per heavy atom. The average molecular weight is 458 g/mol. The first-order valence-electron chi connectivity index (χ1n) is 4.52. The van der Waals surface area contributed by atoms with Gasteiger partial charge >= 0.3 is 15.3 Å². The molecule has 0 unspecified atom stereocenters. The fourth-order valence-electron chi connectivity index (χ4n) is 1.22. The van der Waals surface area contributed by atoms with Crippen molar-refractivity contribution in [2.45, 2.75) is 15.3 Å². The summed E-state index contributed by atoms with van der Waals surface area (Å²) >= 11 is 2.40. The highest BCUT2D eigenvalue weighted by Gasteiger charge is 2.70. The van der Waals surface area contributed by atoms with Crippen molar-refractivity contribution in [1.29, 1.82) is 0 Å². The molecule has 0 fully saturated rings. The van der Waals surface area contributed by atoms with Crippen LogP contribution in [-0.4, -0.2) is 9.41 Å². The number of rotatable bonds is 3. The molecule has 0 spiro atoms. The van der Waals surface area contributed by atoms with Gasteiger partial charge in [-0.1, -0.05) is 0 Å². The van der Waals surface area contributed by atoms with Crippen LogP contribution < -0.4 is 0 Å². The van der Waals surface area contributed by atoms with Gasteiger partial charge in [0.2, 0.25) is 5.82 Å². The number of hydrogen-bond donors (Lipinski definition) is 0. The zero-order chi connectivity index (χ0) is 17.0. The smallest absolute Gasteiger partial charge is 0.216 e. The van der Waals surface area contributed by atoms with E-state index in [-0.39, 0.29) is 0 Å². The molecule has 1 aromatic carbocycles. The Morgan fingerprint density at radius 2 is 0.857 bits per heavy atom. The van der Waals surface area contributed by atoms with Gasteiger partial charge in [-0.15, -0.1) is 0 Å². The molecule has 21 heavy (non-hydrogen) atoms. The minimum Gasteiger partial charge on any atom is -0.216 e. The van der Waals surface area contributed by atoms with Crippen LogP contribution in [0.15, 0.2) is 0 Å². The number of halogens is 12. The lowest BCUT2D eigenvalue weighted by atomic mass is 10.0. The molecule has 0 saturated heterocycles. The second-order valence-corrected chi connectivity index (χ2v) is 5.68. The van der Waals surface area contributed by atoms with Crippen LogP contribution in [0.25, 0.3) is 0 Å². The van der Waals surface area contributed by atoms with E-state index in [2.05, 4.69) is 0 Å². The maximum atomic E-state index is 13.6. The summed E-state index contributed by atoms with van der Waals surface area (Å²) in [5.74, 6) is -20.5. The van der Waals surface area contributed by atoms with E-state index in [1.165, 1.54) is 31.9 Å². The minimum atomic E-state index is -5.82. The molecule has 0 heterocycles. The normalized spacial score (nSPS) is 16.0. The molecule has 12 heteroatoms. The fraction of sp³-hybridized carbons (Fsp3) is 0.333.